The molecule has 0 radical (unpaired) electrons. The third kappa shape index (κ3) is 5.69. The molecule has 8 heteroatoms. The fourth-order valence-corrected chi connectivity index (χ4v) is 3.60. The average molecular weight is 527 g/mol. The molecular formula is C24H14BrCl2N3O2. The van der Waals surface area contributed by atoms with Gasteiger partial charge in [-0.15, -0.1) is 0 Å². The highest BCUT2D eigenvalue weighted by molar-refractivity contribution is 9.10. The number of anilines is 1. The van der Waals surface area contributed by atoms with Gasteiger partial charge in [0.25, 0.3) is 5.91 Å². The first-order chi connectivity index (χ1) is 15.4. The number of nitriles is 2. The number of amides is 1. The van der Waals surface area contributed by atoms with E-state index >= 15 is 0 Å². The van der Waals surface area contributed by atoms with E-state index in [0.29, 0.717) is 32.1 Å². The minimum atomic E-state index is -0.610. The lowest BCUT2D eigenvalue weighted by Crippen LogP contribution is -2.13. The molecule has 1 amide bonds. The molecule has 3 rings (SSSR count). The van der Waals surface area contributed by atoms with Crippen LogP contribution in [0.4, 0.5) is 5.69 Å². The van der Waals surface area contributed by atoms with Crippen LogP contribution < -0.4 is 10.1 Å². The zero-order valence-electron chi connectivity index (χ0n) is 16.4. The molecule has 0 atom stereocenters. The van der Waals surface area contributed by atoms with Gasteiger partial charge >= 0.3 is 0 Å². The number of nitrogens with one attached hydrogen (secondary N) is 1. The quantitative estimate of drug-likeness (QED) is 0.284. The van der Waals surface area contributed by atoms with Crippen LogP contribution in [0.15, 0.2) is 70.7 Å². The third-order valence-electron chi connectivity index (χ3n) is 4.35. The maximum Gasteiger partial charge on any atom is 0.266 e. The molecule has 0 aliphatic carbocycles. The predicted octanol–water partition coefficient (Wildman–Crippen LogP) is 6.75. The number of carbonyl (C=O) groups is 1. The van der Waals surface area contributed by atoms with Crippen LogP contribution in [-0.4, -0.2) is 5.91 Å². The van der Waals surface area contributed by atoms with E-state index in [1.807, 2.05) is 18.2 Å². The minimum Gasteiger partial charge on any atom is -0.488 e. The van der Waals surface area contributed by atoms with Crippen LogP contribution in [0.25, 0.3) is 6.08 Å². The van der Waals surface area contributed by atoms with Crippen LogP contribution in [0.5, 0.6) is 5.75 Å². The van der Waals surface area contributed by atoms with Crippen molar-refractivity contribution in [2.75, 3.05) is 5.32 Å². The van der Waals surface area contributed by atoms with Gasteiger partial charge in [0.2, 0.25) is 0 Å². The zero-order valence-corrected chi connectivity index (χ0v) is 19.5. The monoisotopic (exact) mass is 525 g/mol. The lowest BCUT2D eigenvalue weighted by atomic mass is 10.1. The summed E-state index contributed by atoms with van der Waals surface area (Å²) in [7, 11) is 0. The molecule has 158 valence electrons. The Hall–Kier alpha value is -3.29. The molecule has 0 aliphatic rings. The number of carbonyl (C=O) groups excluding carboxylic acids is 1. The van der Waals surface area contributed by atoms with Gasteiger partial charge in [0.05, 0.1) is 31.8 Å². The Morgan fingerprint density at radius 3 is 2.59 bits per heavy atom. The Kier molecular flexibility index (Phi) is 7.92. The first-order valence-corrected chi connectivity index (χ1v) is 10.8. The van der Waals surface area contributed by atoms with Crippen molar-refractivity contribution in [3.8, 4) is 17.9 Å². The summed E-state index contributed by atoms with van der Waals surface area (Å²) in [6.45, 7) is 0.226. The molecule has 0 heterocycles. The Morgan fingerprint density at radius 2 is 1.88 bits per heavy atom. The number of halogens is 3. The van der Waals surface area contributed by atoms with E-state index in [2.05, 4.69) is 27.3 Å². The predicted molar refractivity (Wildman–Crippen MR) is 128 cm³/mol. The van der Waals surface area contributed by atoms with Crippen molar-refractivity contribution in [2.45, 2.75) is 6.61 Å². The molecule has 32 heavy (non-hydrogen) atoms. The van der Waals surface area contributed by atoms with Crippen molar-refractivity contribution >= 4 is 56.8 Å². The Bertz CT molecular complexity index is 1290. The summed E-state index contributed by atoms with van der Waals surface area (Å²) in [6, 6.07) is 21.2. The van der Waals surface area contributed by atoms with E-state index in [1.54, 1.807) is 48.5 Å². The summed E-state index contributed by atoms with van der Waals surface area (Å²) in [5.74, 6) is -0.0511. The average Bonchev–Trinajstić information content (AvgIpc) is 2.80. The van der Waals surface area contributed by atoms with Gasteiger partial charge in [-0.25, -0.2) is 0 Å². The van der Waals surface area contributed by atoms with E-state index in [9.17, 15) is 15.3 Å². The SMILES string of the molecule is N#C/C(=C/c1ccc(OCc2ccccc2C#N)c(Br)c1)C(=O)Nc1cccc(Cl)c1Cl. The van der Waals surface area contributed by atoms with E-state index < -0.39 is 5.91 Å². The number of ether oxygens (including phenoxy) is 1. The summed E-state index contributed by atoms with van der Waals surface area (Å²) in [4.78, 5) is 12.5. The first-order valence-electron chi connectivity index (χ1n) is 9.20. The van der Waals surface area contributed by atoms with Crippen molar-refractivity contribution < 1.29 is 9.53 Å². The lowest BCUT2D eigenvalue weighted by molar-refractivity contribution is -0.112. The smallest absolute Gasteiger partial charge is 0.266 e. The van der Waals surface area contributed by atoms with E-state index in [-0.39, 0.29) is 17.2 Å². The molecule has 1 N–H and O–H groups in total. The second-order valence-corrected chi connectivity index (χ2v) is 8.11. The normalized spacial score (nSPS) is 10.7. The summed E-state index contributed by atoms with van der Waals surface area (Å²) in [5, 5.41) is 21.7. The second kappa shape index (κ2) is 10.8. The molecule has 0 saturated carbocycles. The van der Waals surface area contributed by atoms with Crippen LogP contribution in [-0.2, 0) is 11.4 Å². The summed E-state index contributed by atoms with van der Waals surface area (Å²) in [5.41, 5.74) is 2.14. The maximum absolute atomic E-state index is 12.5. The van der Waals surface area contributed by atoms with Crippen LogP contribution in [0.1, 0.15) is 16.7 Å². The fourth-order valence-electron chi connectivity index (χ4n) is 2.74. The van der Waals surface area contributed by atoms with Gasteiger partial charge in [-0.2, -0.15) is 10.5 Å². The largest absolute Gasteiger partial charge is 0.488 e. The van der Waals surface area contributed by atoms with Crippen molar-refractivity contribution in [2.24, 2.45) is 0 Å². The number of rotatable bonds is 6. The summed E-state index contributed by atoms with van der Waals surface area (Å²) < 4.78 is 6.45. The molecule has 5 nitrogen and oxygen atoms in total. The molecule has 0 aliphatic heterocycles. The topological polar surface area (TPSA) is 85.9 Å². The number of hydrogen-bond acceptors (Lipinski definition) is 4. The molecule has 0 fully saturated rings. The van der Waals surface area contributed by atoms with Gasteiger partial charge in [0.1, 0.15) is 24.0 Å². The van der Waals surface area contributed by atoms with Crippen molar-refractivity contribution in [3.05, 3.63) is 97.4 Å². The molecule has 3 aromatic carbocycles. The number of nitrogens with zero attached hydrogens (tertiary/aromatic N) is 2. The number of benzene rings is 3. The molecule has 0 spiro atoms. The molecule has 3 aromatic rings. The van der Waals surface area contributed by atoms with Gasteiger partial charge < -0.3 is 10.1 Å². The Labute approximate surface area is 203 Å². The highest BCUT2D eigenvalue weighted by Crippen LogP contribution is 2.30. The van der Waals surface area contributed by atoms with Crippen LogP contribution in [0, 0.1) is 22.7 Å². The second-order valence-electron chi connectivity index (χ2n) is 6.47. The van der Waals surface area contributed by atoms with Gasteiger partial charge in [-0.3, -0.25) is 4.79 Å². The molecule has 0 bridgehead atoms. The highest BCUT2D eigenvalue weighted by atomic mass is 79.9. The Balaban J connectivity index is 1.75. The van der Waals surface area contributed by atoms with Crippen LogP contribution in [0.2, 0.25) is 10.0 Å². The van der Waals surface area contributed by atoms with Crippen molar-refractivity contribution in [3.63, 3.8) is 0 Å². The van der Waals surface area contributed by atoms with Crippen molar-refractivity contribution in [1.29, 1.82) is 10.5 Å². The molecule has 0 unspecified atom stereocenters. The first kappa shape index (κ1) is 23.4. The Morgan fingerprint density at radius 1 is 1.09 bits per heavy atom. The molecule has 0 saturated heterocycles. The standard InChI is InChI=1S/C24H14BrCl2N3O2/c25-19-11-15(8-9-22(19)32-14-17-5-2-1-4-16(17)12-28)10-18(13-29)24(31)30-21-7-3-6-20(26)23(21)27/h1-11H,14H2,(H,30,31)/b18-10-. The molecular weight excluding hydrogens is 513 g/mol. The zero-order chi connectivity index (χ0) is 23.1. The van der Waals surface area contributed by atoms with Crippen molar-refractivity contribution in [1.82, 2.24) is 0 Å². The minimum absolute atomic E-state index is 0.107. The van der Waals surface area contributed by atoms with Crippen LogP contribution in [0.3, 0.4) is 0 Å². The highest BCUT2D eigenvalue weighted by Gasteiger charge is 2.13. The van der Waals surface area contributed by atoms with Crippen LogP contribution >= 0.6 is 39.1 Å². The van der Waals surface area contributed by atoms with E-state index in [4.69, 9.17) is 27.9 Å². The van der Waals surface area contributed by atoms with E-state index in [1.165, 1.54) is 6.08 Å². The van der Waals surface area contributed by atoms with Gasteiger partial charge in [0, 0.05) is 5.56 Å². The van der Waals surface area contributed by atoms with E-state index in [0.717, 1.165) is 5.56 Å². The fraction of sp³-hybridized carbons (Fsp3) is 0.0417. The summed E-state index contributed by atoms with van der Waals surface area (Å²) in [6.07, 6.45) is 1.45. The van der Waals surface area contributed by atoms with Gasteiger partial charge in [-0.05, 0) is 57.9 Å². The number of hydrogen-bond donors (Lipinski definition) is 1. The third-order valence-corrected chi connectivity index (χ3v) is 5.79. The molecule has 0 aromatic heterocycles. The summed E-state index contributed by atoms with van der Waals surface area (Å²) >= 11 is 15.5. The lowest BCUT2D eigenvalue weighted by Gasteiger charge is -2.10. The maximum atomic E-state index is 12.5. The van der Waals surface area contributed by atoms with Gasteiger partial charge in [-0.1, -0.05) is 53.5 Å². The van der Waals surface area contributed by atoms with Gasteiger partial charge in [0.15, 0.2) is 0 Å².